The van der Waals surface area contributed by atoms with E-state index in [2.05, 4.69) is 35.0 Å². The van der Waals surface area contributed by atoms with E-state index in [1.165, 1.54) is 18.4 Å². The summed E-state index contributed by atoms with van der Waals surface area (Å²) >= 11 is 3.46. The van der Waals surface area contributed by atoms with Crippen LogP contribution < -0.4 is 9.47 Å². The summed E-state index contributed by atoms with van der Waals surface area (Å²) in [7, 11) is 0. The molecule has 0 unspecified atom stereocenters. The number of unbranched alkanes of at least 4 members (excludes halogenated alkanes) is 3. The Morgan fingerprint density at radius 1 is 0.771 bits per heavy atom. The summed E-state index contributed by atoms with van der Waals surface area (Å²) in [5.74, 6) is 0.161. The fraction of sp³-hybridized carbons (Fsp3) is 0.310. The largest absolute Gasteiger partial charge is 0.492 e. The second-order valence-electron chi connectivity index (χ2n) is 8.19. The highest BCUT2D eigenvalue weighted by atomic mass is 79.9. The van der Waals surface area contributed by atoms with Gasteiger partial charge in [0.2, 0.25) is 0 Å². The highest BCUT2D eigenvalue weighted by molar-refractivity contribution is 9.10. The minimum absolute atomic E-state index is 0.345. The fourth-order valence-electron chi connectivity index (χ4n) is 3.45. The number of hydrogen-bond donors (Lipinski definition) is 0. The molecule has 184 valence electrons. The van der Waals surface area contributed by atoms with Gasteiger partial charge in [-0.25, -0.2) is 9.59 Å². The Bertz CT molecular complexity index is 1080. The molecule has 0 aliphatic heterocycles. The van der Waals surface area contributed by atoms with Gasteiger partial charge in [0, 0.05) is 0 Å². The molecule has 0 bridgehead atoms. The van der Waals surface area contributed by atoms with Gasteiger partial charge < -0.3 is 14.2 Å². The first kappa shape index (κ1) is 26.5. The molecule has 3 aromatic rings. The highest BCUT2D eigenvalue weighted by Gasteiger charge is 2.13. The van der Waals surface area contributed by atoms with Gasteiger partial charge in [-0.1, -0.05) is 56.5 Å². The summed E-state index contributed by atoms with van der Waals surface area (Å²) in [6, 6.07) is 21.5. The van der Waals surface area contributed by atoms with E-state index in [-0.39, 0.29) is 0 Å². The van der Waals surface area contributed by atoms with Crippen molar-refractivity contribution >= 4 is 27.9 Å². The van der Waals surface area contributed by atoms with Crippen molar-refractivity contribution in [2.75, 3.05) is 13.2 Å². The van der Waals surface area contributed by atoms with Crippen LogP contribution in [0.3, 0.4) is 0 Å². The first-order valence-electron chi connectivity index (χ1n) is 12.0. The molecule has 3 rings (SSSR count). The number of carbonyl (C=O) groups is 2. The molecule has 0 saturated heterocycles. The van der Waals surface area contributed by atoms with Crippen molar-refractivity contribution in [3.05, 3.63) is 94.0 Å². The molecule has 6 heteroatoms. The van der Waals surface area contributed by atoms with Crippen LogP contribution >= 0.6 is 15.9 Å². The monoisotopic (exact) mass is 538 g/mol. The lowest BCUT2D eigenvalue weighted by atomic mass is 10.1. The van der Waals surface area contributed by atoms with Crippen LogP contribution in [0.2, 0.25) is 0 Å². The van der Waals surface area contributed by atoms with Crippen LogP contribution in [-0.4, -0.2) is 25.2 Å². The van der Waals surface area contributed by atoms with Crippen molar-refractivity contribution < 1.29 is 23.8 Å². The quantitative estimate of drug-likeness (QED) is 0.129. The van der Waals surface area contributed by atoms with E-state index in [1.54, 1.807) is 42.5 Å². The van der Waals surface area contributed by atoms with Gasteiger partial charge in [0.05, 0.1) is 28.8 Å². The molecular formula is C29H31BrO5. The van der Waals surface area contributed by atoms with Crippen LogP contribution in [0, 0.1) is 0 Å². The Morgan fingerprint density at radius 3 is 2.23 bits per heavy atom. The zero-order valence-corrected chi connectivity index (χ0v) is 21.6. The van der Waals surface area contributed by atoms with Gasteiger partial charge in [-0.3, -0.25) is 0 Å². The van der Waals surface area contributed by atoms with Crippen molar-refractivity contribution in [3.63, 3.8) is 0 Å². The smallest absolute Gasteiger partial charge is 0.343 e. The number of rotatable bonds is 13. The number of benzene rings is 3. The fourth-order valence-corrected chi connectivity index (χ4v) is 3.94. The molecule has 5 nitrogen and oxygen atoms in total. The van der Waals surface area contributed by atoms with Crippen LogP contribution in [0.1, 0.15) is 65.3 Å². The maximum atomic E-state index is 12.5. The molecule has 0 amide bonds. The van der Waals surface area contributed by atoms with E-state index in [1.807, 2.05) is 18.2 Å². The van der Waals surface area contributed by atoms with Crippen molar-refractivity contribution in [1.82, 2.24) is 0 Å². The van der Waals surface area contributed by atoms with Crippen molar-refractivity contribution in [2.24, 2.45) is 0 Å². The second kappa shape index (κ2) is 14.3. The van der Waals surface area contributed by atoms with E-state index in [4.69, 9.17) is 14.2 Å². The predicted octanol–water partition coefficient (Wildman–Crippen LogP) is 7.42. The number of carbonyl (C=O) groups excluding carboxylic acids is 2. The number of esters is 2. The van der Waals surface area contributed by atoms with Crippen LogP contribution in [0.4, 0.5) is 0 Å². The minimum atomic E-state index is -0.489. The Kier molecular flexibility index (Phi) is 10.8. The molecular weight excluding hydrogens is 508 g/mol. The Balaban J connectivity index is 1.44. The van der Waals surface area contributed by atoms with Crippen LogP contribution in [0.25, 0.3) is 0 Å². The van der Waals surface area contributed by atoms with Crippen molar-refractivity contribution in [3.8, 4) is 11.5 Å². The van der Waals surface area contributed by atoms with Gasteiger partial charge in [-0.15, -0.1) is 0 Å². The molecule has 0 atom stereocenters. The first-order valence-corrected chi connectivity index (χ1v) is 12.8. The van der Waals surface area contributed by atoms with Crippen molar-refractivity contribution in [2.45, 2.75) is 45.4 Å². The molecule has 3 aromatic carbocycles. The van der Waals surface area contributed by atoms with Gasteiger partial charge in [0.25, 0.3) is 0 Å². The summed E-state index contributed by atoms with van der Waals surface area (Å²) in [5.41, 5.74) is 2.02. The standard InChI is InChI=1S/C29H31BrO5/c1-2-3-4-8-19-33-27-18-15-24(21-26(27)30)29(32)35-25-16-13-23(14-17-25)28(31)34-20-9-12-22-10-6-5-7-11-22/h5-7,10-11,13-18,21H,2-4,8-9,12,19-20H2,1H3. The number of aryl methyl sites for hydroxylation is 1. The lowest BCUT2D eigenvalue weighted by molar-refractivity contribution is 0.0500. The average molecular weight is 539 g/mol. The minimum Gasteiger partial charge on any atom is -0.492 e. The zero-order valence-electron chi connectivity index (χ0n) is 20.0. The summed E-state index contributed by atoms with van der Waals surface area (Å²) in [5, 5.41) is 0. The van der Waals surface area contributed by atoms with Gasteiger partial charge in [0.15, 0.2) is 0 Å². The third-order valence-corrected chi connectivity index (χ3v) is 6.03. The van der Waals surface area contributed by atoms with Crippen LogP contribution in [0.15, 0.2) is 77.3 Å². The van der Waals surface area contributed by atoms with E-state index in [0.29, 0.717) is 40.3 Å². The Morgan fingerprint density at radius 2 is 1.51 bits per heavy atom. The normalized spacial score (nSPS) is 10.6. The van der Waals surface area contributed by atoms with Gasteiger partial charge in [-0.05, 0) is 83.2 Å². The average Bonchev–Trinajstić information content (AvgIpc) is 2.88. The van der Waals surface area contributed by atoms with Gasteiger partial charge in [-0.2, -0.15) is 0 Å². The molecule has 0 spiro atoms. The SMILES string of the molecule is CCCCCCOc1ccc(C(=O)Oc2ccc(C(=O)OCCCc3ccccc3)cc2)cc1Br. The Labute approximate surface area is 215 Å². The second-order valence-corrected chi connectivity index (χ2v) is 9.05. The summed E-state index contributed by atoms with van der Waals surface area (Å²) < 4.78 is 17.3. The van der Waals surface area contributed by atoms with Crippen LogP contribution in [0.5, 0.6) is 11.5 Å². The number of halogens is 1. The van der Waals surface area contributed by atoms with E-state index >= 15 is 0 Å². The van der Waals surface area contributed by atoms with Gasteiger partial charge >= 0.3 is 11.9 Å². The van der Waals surface area contributed by atoms with Crippen molar-refractivity contribution in [1.29, 1.82) is 0 Å². The maximum Gasteiger partial charge on any atom is 0.343 e. The third kappa shape index (κ3) is 8.87. The summed E-state index contributed by atoms with van der Waals surface area (Å²) in [6.07, 6.45) is 6.13. The number of ether oxygens (including phenoxy) is 3. The molecule has 0 aromatic heterocycles. The molecule has 0 heterocycles. The lowest BCUT2D eigenvalue weighted by Crippen LogP contribution is -2.10. The van der Waals surface area contributed by atoms with E-state index in [9.17, 15) is 9.59 Å². The topological polar surface area (TPSA) is 61.8 Å². The maximum absolute atomic E-state index is 12.5. The summed E-state index contributed by atoms with van der Waals surface area (Å²) in [6.45, 7) is 3.16. The number of hydrogen-bond acceptors (Lipinski definition) is 5. The molecule has 0 radical (unpaired) electrons. The zero-order chi connectivity index (χ0) is 24.9. The lowest BCUT2D eigenvalue weighted by Gasteiger charge is -2.10. The van der Waals surface area contributed by atoms with E-state index < -0.39 is 11.9 Å². The highest BCUT2D eigenvalue weighted by Crippen LogP contribution is 2.27. The molecule has 0 aliphatic carbocycles. The Hall–Kier alpha value is -3.12. The molecule has 0 aliphatic rings. The molecule has 0 saturated carbocycles. The third-order valence-electron chi connectivity index (χ3n) is 5.41. The molecule has 0 N–H and O–H groups in total. The van der Waals surface area contributed by atoms with E-state index in [0.717, 1.165) is 25.7 Å². The first-order chi connectivity index (χ1) is 17.1. The predicted molar refractivity (Wildman–Crippen MR) is 140 cm³/mol. The molecule has 0 fully saturated rings. The summed E-state index contributed by atoms with van der Waals surface area (Å²) in [4.78, 5) is 24.8. The molecule has 35 heavy (non-hydrogen) atoms. The van der Waals surface area contributed by atoms with Gasteiger partial charge in [0.1, 0.15) is 11.5 Å². The van der Waals surface area contributed by atoms with Crippen LogP contribution in [-0.2, 0) is 11.2 Å².